The molecule has 1 saturated heterocycles. The maximum atomic E-state index is 13.1. The molecule has 1 fully saturated rings. The van der Waals surface area contributed by atoms with Gasteiger partial charge in [-0.3, -0.25) is 15.2 Å². The SMILES string of the molecule is CCOC(=O)C1(NCc2ccc(OC)nc2)CCN(c2ccc(-c3cc(OCC)cn4nc5[nH]ncc5c34)cn2)CC1. The van der Waals surface area contributed by atoms with Gasteiger partial charge in [0.15, 0.2) is 5.65 Å². The third-order valence-corrected chi connectivity index (χ3v) is 7.72. The van der Waals surface area contributed by atoms with Crippen molar-refractivity contribution < 1.29 is 19.0 Å². The van der Waals surface area contributed by atoms with E-state index in [-0.39, 0.29) is 5.97 Å². The largest absolute Gasteiger partial charge is 0.492 e. The van der Waals surface area contributed by atoms with Crippen molar-refractivity contribution in [3.63, 3.8) is 0 Å². The van der Waals surface area contributed by atoms with E-state index in [1.807, 2.05) is 55.0 Å². The zero-order chi connectivity index (χ0) is 29.1. The Bertz CT molecular complexity index is 1670. The lowest BCUT2D eigenvalue weighted by molar-refractivity contribution is -0.152. The Labute approximate surface area is 243 Å². The summed E-state index contributed by atoms with van der Waals surface area (Å²) in [6.45, 7) is 6.48. The zero-order valence-corrected chi connectivity index (χ0v) is 24.0. The van der Waals surface area contributed by atoms with Crippen LogP contribution in [0.2, 0.25) is 0 Å². The van der Waals surface area contributed by atoms with Gasteiger partial charge in [0.2, 0.25) is 5.88 Å². The molecular formula is C30H34N8O4. The molecule has 218 valence electrons. The summed E-state index contributed by atoms with van der Waals surface area (Å²) < 4.78 is 18.3. The molecule has 12 nitrogen and oxygen atoms in total. The Kier molecular flexibility index (Phi) is 7.62. The monoisotopic (exact) mass is 570 g/mol. The summed E-state index contributed by atoms with van der Waals surface area (Å²) in [5.41, 5.74) is 3.74. The van der Waals surface area contributed by atoms with E-state index in [1.165, 1.54) is 0 Å². The van der Waals surface area contributed by atoms with Crippen LogP contribution in [0, 0.1) is 0 Å². The van der Waals surface area contributed by atoms with E-state index in [0.717, 1.165) is 39.2 Å². The summed E-state index contributed by atoms with van der Waals surface area (Å²) in [7, 11) is 1.59. The first kappa shape index (κ1) is 27.5. The number of aromatic nitrogens is 6. The van der Waals surface area contributed by atoms with Gasteiger partial charge in [-0.05, 0) is 50.5 Å². The van der Waals surface area contributed by atoms with Crippen LogP contribution in [0.1, 0.15) is 32.3 Å². The molecule has 0 amide bonds. The first-order valence-electron chi connectivity index (χ1n) is 14.1. The van der Waals surface area contributed by atoms with Gasteiger partial charge in [-0.1, -0.05) is 6.07 Å². The Hall–Kier alpha value is -4.71. The van der Waals surface area contributed by atoms with Crippen molar-refractivity contribution in [3.8, 4) is 22.8 Å². The van der Waals surface area contributed by atoms with E-state index < -0.39 is 5.54 Å². The summed E-state index contributed by atoms with van der Waals surface area (Å²) in [5, 5.41) is 16.1. The van der Waals surface area contributed by atoms with E-state index in [1.54, 1.807) is 19.5 Å². The van der Waals surface area contributed by atoms with Crippen molar-refractivity contribution in [1.29, 1.82) is 0 Å². The second kappa shape index (κ2) is 11.6. The van der Waals surface area contributed by atoms with Gasteiger partial charge in [-0.15, -0.1) is 5.10 Å². The minimum atomic E-state index is -0.782. The number of esters is 1. The summed E-state index contributed by atoms with van der Waals surface area (Å²) in [6, 6.07) is 9.86. The molecule has 42 heavy (non-hydrogen) atoms. The van der Waals surface area contributed by atoms with Crippen molar-refractivity contribution in [2.75, 3.05) is 38.3 Å². The molecule has 0 spiro atoms. The van der Waals surface area contributed by atoms with Gasteiger partial charge in [0, 0.05) is 49.2 Å². The topological polar surface area (TPSA) is 132 Å². The molecule has 0 aromatic carbocycles. The number of nitrogens with zero attached hydrogens (tertiary/aromatic N) is 6. The van der Waals surface area contributed by atoms with Crippen LogP contribution in [-0.4, -0.2) is 74.7 Å². The van der Waals surface area contributed by atoms with Gasteiger partial charge in [0.05, 0.1) is 43.6 Å². The van der Waals surface area contributed by atoms with Crippen LogP contribution in [0.25, 0.3) is 27.7 Å². The number of hydrogen-bond donors (Lipinski definition) is 2. The Morgan fingerprint density at radius 2 is 1.93 bits per heavy atom. The van der Waals surface area contributed by atoms with Crippen molar-refractivity contribution in [2.45, 2.75) is 38.8 Å². The van der Waals surface area contributed by atoms with Crippen LogP contribution in [-0.2, 0) is 16.1 Å². The Balaban J connectivity index is 1.20. The highest BCUT2D eigenvalue weighted by molar-refractivity contribution is 6.00. The number of hydrogen-bond acceptors (Lipinski definition) is 10. The van der Waals surface area contributed by atoms with Crippen LogP contribution < -0.4 is 19.7 Å². The average Bonchev–Trinajstić information content (AvgIpc) is 3.62. The molecule has 1 aliphatic rings. The number of fused-ring (bicyclic) bond motifs is 3. The predicted octanol–water partition coefficient (Wildman–Crippen LogP) is 3.77. The third-order valence-electron chi connectivity index (χ3n) is 7.72. The predicted molar refractivity (Wildman–Crippen MR) is 158 cm³/mol. The molecule has 12 heteroatoms. The van der Waals surface area contributed by atoms with E-state index in [0.29, 0.717) is 57.2 Å². The third kappa shape index (κ3) is 5.20. The molecule has 1 aliphatic heterocycles. The van der Waals surface area contributed by atoms with Gasteiger partial charge in [0.1, 0.15) is 17.1 Å². The molecule has 0 unspecified atom stereocenters. The van der Waals surface area contributed by atoms with Gasteiger partial charge in [-0.2, -0.15) is 5.10 Å². The van der Waals surface area contributed by atoms with E-state index in [9.17, 15) is 4.79 Å². The number of H-pyrrole nitrogens is 1. The van der Waals surface area contributed by atoms with Crippen LogP contribution in [0.5, 0.6) is 11.6 Å². The van der Waals surface area contributed by atoms with Crippen LogP contribution >= 0.6 is 0 Å². The maximum Gasteiger partial charge on any atom is 0.326 e. The lowest BCUT2D eigenvalue weighted by atomic mass is 9.87. The standard InChI is InChI=1S/C30H34N8O4/c1-4-41-22-14-23(27-24-18-34-35-28(24)36-38(27)19-22)21-7-8-25(31-17-21)37-12-10-30(11-13-37,29(39)42-5-2)33-16-20-6-9-26(40-3)32-15-20/h6-9,14-15,17-19,33H,4-5,10-13,16H2,1-3H3,(H,35,36). The Morgan fingerprint density at radius 1 is 1.07 bits per heavy atom. The molecule has 2 N–H and O–H groups in total. The molecule has 0 aliphatic carbocycles. The minimum absolute atomic E-state index is 0.223. The molecule has 0 radical (unpaired) electrons. The number of piperidine rings is 1. The number of nitrogens with one attached hydrogen (secondary N) is 2. The molecule has 6 rings (SSSR count). The number of anilines is 1. The van der Waals surface area contributed by atoms with E-state index in [4.69, 9.17) is 19.2 Å². The normalized spacial score (nSPS) is 14.8. The van der Waals surface area contributed by atoms with E-state index in [2.05, 4.69) is 36.6 Å². The fourth-order valence-corrected chi connectivity index (χ4v) is 5.49. The number of ether oxygens (including phenoxy) is 3. The first-order valence-corrected chi connectivity index (χ1v) is 14.1. The fraction of sp³-hybridized carbons (Fsp3) is 0.367. The quantitative estimate of drug-likeness (QED) is 0.239. The van der Waals surface area contributed by atoms with Crippen molar-refractivity contribution in [3.05, 3.63) is 60.7 Å². The number of carbonyl (C=O) groups excluding carboxylic acids is 1. The van der Waals surface area contributed by atoms with Gasteiger partial charge in [0.25, 0.3) is 0 Å². The highest BCUT2D eigenvalue weighted by Gasteiger charge is 2.42. The molecule has 5 aromatic rings. The van der Waals surface area contributed by atoms with Gasteiger partial charge in [-0.25, -0.2) is 14.5 Å². The van der Waals surface area contributed by atoms with Crippen LogP contribution in [0.3, 0.4) is 0 Å². The van der Waals surface area contributed by atoms with E-state index >= 15 is 0 Å². The molecule has 0 bridgehead atoms. The number of pyridine rings is 3. The molecule has 0 atom stereocenters. The summed E-state index contributed by atoms with van der Waals surface area (Å²) in [6.07, 6.45) is 8.47. The van der Waals surface area contributed by atoms with Crippen molar-refractivity contribution in [1.82, 2.24) is 35.1 Å². The number of methoxy groups -OCH3 is 1. The highest BCUT2D eigenvalue weighted by Crippen LogP contribution is 2.34. The number of rotatable bonds is 10. The van der Waals surface area contributed by atoms with Gasteiger partial charge >= 0.3 is 5.97 Å². The summed E-state index contributed by atoms with van der Waals surface area (Å²) >= 11 is 0. The molecule has 0 saturated carbocycles. The lowest BCUT2D eigenvalue weighted by Gasteiger charge is -2.41. The first-order chi connectivity index (χ1) is 20.5. The zero-order valence-electron chi connectivity index (χ0n) is 24.0. The lowest BCUT2D eigenvalue weighted by Crippen LogP contribution is -2.59. The second-order valence-corrected chi connectivity index (χ2v) is 10.2. The molecular weight excluding hydrogens is 536 g/mol. The molecule has 5 aromatic heterocycles. The molecule has 6 heterocycles. The maximum absolute atomic E-state index is 13.1. The summed E-state index contributed by atoms with van der Waals surface area (Å²) in [4.78, 5) is 24.4. The van der Waals surface area contributed by atoms with Gasteiger partial charge < -0.3 is 19.1 Å². The minimum Gasteiger partial charge on any atom is -0.492 e. The highest BCUT2D eigenvalue weighted by atomic mass is 16.5. The van der Waals surface area contributed by atoms with Crippen LogP contribution in [0.4, 0.5) is 5.82 Å². The Morgan fingerprint density at radius 3 is 2.62 bits per heavy atom. The fourth-order valence-electron chi connectivity index (χ4n) is 5.49. The second-order valence-electron chi connectivity index (χ2n) is 10.2. The van der Waals surface area contributed by atoms with Crippen molar-refractivity contribution in [2.24, 2.45) is 0 Å². The number of aromatic amines is 1. The number of carbonyl (C=O) groups is 1. The summed E-state index contributed by atoms with van der Waals surface area (Å²) in [5.74, 6) is 1.91. The van der Waals surface area contributed by atoms with Crippen LogP contribution in [0.15, 0.2) is 55.1 Å². The smallest absolute Gasteiger partial charge is 0.326 e. The average molecular weight is 571 g/mol. The van der Waals surface area contributed by atoms with Crippen molar-refractivity contribution >= 4 is 28.3 Å².